The topological polar surface area (TPSA) is 100 Å². The summed E-state index contributed by atoms with van der Waals surface area (Å²) >= 11 is 0. The van der Waals surface area contributed by atoms with Crippen molar-refractivity contribution in [3.8, 4) is 0 Å². The number of fused-ring (bicyclic) bond motifs is 2. The van der Waals surface area contributed by atoms with Crippen LogP contribution in [0.3, 0.4) is 0 Å². The Morgan fingerprint density at radius 3 is 2.25 bits per heavy atom. The van der Waals surface area contributed by atoms with E-state index < -0.39 is 16.2 Å². The third-order valence-electron chi connectivity index (χ3n) is 5.52. The highest BCUT2D eigenvalue weighted by Crippen LogP contribution is 2.38. The van der Waals surface area contributed by atoms with Gasteiger partial charge in [-0.3, -0.25) is 9.71 Å². The Morgan fingerprint density at radius 1 is 1.00 bits per heavy atom. The number of anilines is 2. The maximum atomic E-state index is 12.5. The average molecular weight is 401 g/mol. The maximum Gasteiger partial charge on any atom is 0.334 e. The quantitative estimate of drug-likeness (QED) is 0.734. The molecule has 4 rings (SSSR count). The summed E-state index contributed by atoms with van der Waals surface area (Å²) in [6, 6.07) is 3.22. The van der Waals surface area contributed by atoms with E-state index in [0.717, 1.165) is 60.9 Å². The Balaban J connectivity index is 1.54. The van der Waals surface area contributed by atoms with Gasteiger partial charge in [-0.05, 0) is 86.3 Å². The SMILES string of the molecule is Cc1ccnc(C)c1NS(=O)(=O)NC(=O)Nc1c2c(cc3c1CCC3)CCC2. The van der Waals surface area contributed by atoms with Gasteiger partial charge in [0.25, 0.3) is 0 Å². The highest BCUT2D eigenvalue weighted by molar-refractivity contribution is 7.91. The van der Waals surface area contributed by atoms with Crippen molar-refractivity contribution in [3.05, 3.63) is 51.8 Å². The molecule has 2 aromatic rings. The molecule has 0 atom stereocenters. The molecule has 2 aliphatic rings. The number of rotatable bonds is 4. The van der Waals surface area contributed by atoms with Crippen LogP contribution in [0.1, 0.15) is 46.4 Å². The average Bonchev–Trinajstić information content (AvgIpc) is 3.26. The standard InChI is InChI=1S/C20H24N4O3S/c1-12-9-10-21-13(2)18(12)23-28(26,27)24-20(25)22-19-16-7-3-5-14(16)11-15-6-4-8-17(15)19/h9-11,23H,3-8H2,1-2H3,(H2,22,24,25). The molecule has 0 aliphatic heterocycles. The molecule has 0 fully saturated rings. The van der Waals surface area contributed by atoms with Gasteiger partial charge in [0.15, 0.2) is 0 Å². The van der Waals surface area contributed by atoms with Gasteiger partial charge in [0.05, 0.1) is 11.4 Å². The van der Waals surface area contributed by atoms with Gasteiger partial charge >= 0.3 is 16.2 Å². The summed E-state index contributed by atoms with van der Waals surface area (Å²) in [7, 11) is -4.08. The van der Waals surface area contributed by atoms with Gasteiger partial charge in [-0.25, -0.2) is 9.52 Å². The molecule has 0 unspecified atom stereocenters. The minimum Gasteiger partial charge on any atom is -0.307 e. The Kier molecular flexibility index (Phi) is 4.74. The molecule has 0 bridgehead atoms. The lowest BCUT2D eigenvalue weighted by molar-refractivity contribution is 0.256. The molecule has 1 aromatic heterocycles. The number of hydrogen-bond donors (Lipinski definition) is 3. The van der Waals surface area contributed by atoms with Crippen LogP contribution in [0.5, 0.6) is 0 Å². The van der Waals surface area contributed by atoms with Gasteiger partial charge in [0.2, 0.25) is 0 Å². The van der Waals surface area contributed by atoms with E-state index in [1.165, 1.54) is 11.1 Å². The molecular formula is C20H24N4O3S. The second kappa shape index (κ2) is 7.09. The molecule has 1 aromatic carbocycles. The zero-order chi connectivity index (χ0) is 19.9. The number of aromatic nitrogens is 1. The lowest BCUT2D eigenvalue weighted by atomic mass is 9.99. The highest BCUT2D eigenvalue weighted by atomic mass is 32.2. The van der Waals surface area contributed by atoms with E-state index >= 15 is 0 Å². The first-order chi connectivity index (χ1) is 13.3. The molecule has 8 heteroatoms. The fourth-order valence-corrected chi connectivity index (χ4v) is 5.16. The lowest BCUT2D eigenvalue weighted by Gasteiger charge is -2.17. The normalized spacial score (nSPS) is 15.1. The van der Waals surface area contributed by atoms with Crippen LogP contribution in [0.25, 0.3) is 0 Å². The molecule has 0 saturated carbocycles. The van der Waals surface area contributed by atoms with E-state index in [1.54, 1.807) is 26.1 Å². The van der Waals surface area contributed by atoms with Crippen molar-refractivity contribution in [2.24, 2.45) is 0 Å². The predicted molar refractivity (Wildman–Crippen MR) is 109 cm³/mol. The summed E-state index contributed by atoms with van der Waals surface area (Å²) in [5.41, 5.74) is 7.33. The Bertz CT molecular complexity index is 1010. The predicted octanol–water partition coefficient (Wildman–Crippen LogP) is 3.15. The van der Waals surface area contributed by atoms with Crippen molar-refractivity contribution < 1.29 is 13.2 Å². The zero-order valence-corrected chi connectivity index (χ0v) is 16.9. The van der Waals surface area contributed by atoms with Gasteiger partial charge in [-0.15, -0.1) is 0 Å². The molecule has 0 spiro atoms. The van der Waals surface area contributed by atoms with E-state index in [1.807, 2.05) is 0 Å². The molecule has 0 saturated heterocycles. The molecule has 1 heterocycles. The van der Waals surface area contributed by atoms with Crippen molar-refractivity contribution in [1.29, 1.82) is 0 Å². The highest BCUT2D eigenvalue weighted by Gasteiger charge is 2.26. The van der Waals surface area contributed by atoms with Crippen LogP contribution in [-0.4, -0.2) is 19.4 Å². The van der Waals surface area contributed by atoms with Gasteiger partial charge in [-0.2, -0.15) is 8.42 Å². The van der Waals surface area contributed by atoms with Crippen LogP contribution in [0.15, 0.2) is 18.3 Å². The monoisotopic (exact) mass is 400 g/mol. The van der Waals surface area contributed by atoms with Crippen molar-refractivity contribution in [3.63, 3.8) is 0 Å². The van der Waals surface area contributed by atoms with Crippen LogP contribution >= 0.6 is 0 Å². The van der Waals surface area contributed by atoms with Gasteiger partial charge < -0.3 is 5.32 Å². The van der Waals surface area contributed by atoms with Crippen LogP contribution in [-0.2, 0) is 35.9 Å². The van der Waals surface area contributed by atoms with Crippen LogP contribution in [0.4, 0.5) is 16.2 Å². The number of nitrogens with one attached hydrogen (secondary N) is 3. The Hall–Kier alpha value is -2.61. The number of hydrogen-bond acceptors (Lipinski definition) is 4. The summed E-state index contributed by atoms with van der Waals surface area (Å²) in [5, 5.41) is 2.83. The maximum absolute atomic E-state index is 12.5. The zero-order valence-electron chi connectivity index (χ0n) is 16.1. The molecular weight excluding hydrogens is 376 g/mol. The molecule has 148 valence electrons. The fraction of sp³-hybridized carbons (Fsp3) is 0.400. The van der Waals surface area contributed by atoms with E-state index in [0.29, 0.717) is 11.4 Å². The number of urea groups is 1. The van der Waals surface area contributed by atoms with E-state index in [4.69, 9.17) is 0 Å². The number of nitrogens with zero attached hydrogens (tertiary/aromatic N) is 1. The Labute approximate surface area is 165 Å². The second-order valence-corrected chi connectivity index (χ2v) is 8.90. The molecule has 0 radical (unpaired) electrons. The van der Waals surface area contributed by atoms with Gasteiger partial charge in [0, 0.05) is 11.9 Å². The summed E-state index contributed by atoms with van der Waals surface area (Å²) < 4.78 is 29.4. The van der Waals surface area contributed by atoms with E-state index in [9.17, 15) is 13.2 Å². The van der Waals surface area contributed by atoms with Crippen molar-refractivity contribution in [2.75, 3.05) is 10.0 Å². The minimum absolute atomic E-state index is 0.379. The van der Waals surface area contributed by atoms with Crippen LogP contribution < -0.4 is 14.8 Å². The van der Waals surface area contributed by atoms with Crippen molar-refractivity contribution in [1.82, 2.24) is 9.71 Å². The fourth-order valence-electron chi connectivity index (χ4n) is 4.24. The van der Waals surface area contributed by atoms with Gasteiger partial charge in [-0.1, -0.05) is 6.07 Å². The summed E-state index contributed by atoms with van der Waals surface area (Å²) in [6.45, 7) is 3.49. The van der Waals surface area contributed by atoms with Crippen molar-refractivity contribution >= 4 is 27.6 Å². The summed E-state index contributed by atoms with van der Waals surface area (Å²) in [4.78, 5) is 16.6. The molecule has 28 heavy (non-hydrogen) atoms. The number of benzene rings is 1. The third-order valence-corrected chi connectivity index (χ3v) is 6.45. The first-order valence-electron chi connectivity index (χ1n) is 9.54. The lowest BCUT2D eigenvalue weighted by Crippen LogP contribution is -2.39. The number of carbonyl (C=O) groups is 1. The summed E-state index contributed by atoms with van der Waals surface area (Å²) in [6.07, 6.45) is 7.59. The van der Waals surface area contributed by atoms with Crippen molar-refractivity contribution in [2.45, 2.75) is 52.4 Å². The van der Waals surface area contributed by atoms with Crippen LogP contribution in [0.2, 0.25) is 0 Å². The number of amides is 2. The van der Waals surface area contributed by atoms with Crippen LogP contribution in [0, 0.1) is 13.8 Å². The molecule has 3 N–H and O–H groups in total. The number of carbonyl (C=O) groups excluding carboxylic acids is 1. The summed E-state index contributed by atoms with van der Waals surface area (Å²) in [5.74, 6) is 0. The van der Waals surface area contributed by atoms with E-state index in [-0.39, 0.29) is 0 Å². The number of aryl methyl sites for hydroxylation is 4. The first kappa shape index (κ1) is 18.7. The van der Waals surface area contributed by atoms with E-state index in [2.05, 4.69) is 25.8 Å². The third kappa shape index (κ3) is 3.56. The first-order valence-corrected chi connectivity index (χ1v) is 11.0. The number of pyridine rings is 1. The Morgan fingerprint density at radius 2 is 1.64 bits per heavy atom. The molecule has 2 amide bonds. The smallest absolute Gasteiger partial charge is 0.307 e. The van der Waals surface area contributed by atoms with Gasteiger partial charge in [0.1, 0.15) is 0 Å². The largest absolute Gasteiger partial charge is 0.334 e. The minimum atomic E-state index is -4.08. The molecule has 2 aliphatic carbocycles. The molecule has 7 nitrogen and oxygen atoms in total. The second-order valence-electron chi connectivity index (χ2n) is 7.48.